The molecule has 0 saturated heterocycles. The Bertz CT molecular complexity index is 169. The Hall–Kier alpha value is 0.230. The molecule has 1 aromatic rings. The second-order valence-electron chi connectivity index (χ2n) is 1.33. The van der Waals surface area contributed by atoms with E-state index in [4.69, 9.17) is 0 Å². The summed E-state index contributed by atoms with van der Waals surface area (Å²) in [7, 11) is 0. The Labute approximate surface area is 67.1 Å². The van der Waals surface area contributed by atoms with E-state index in [1.807, 2.05) is 6.07 Å². The van der Waals surface area contributed by atoms with Crippen LogP contribution in [0.4, 0.5) is 0 Å². The zero-order valence-corrected chi connectivity index (χ0v) is 7.06. The third kappa shape index (κ3) is 1.35. The topological polar surface area (TPSA) is 12.9 Å². The van der Waals surface area contributed by atoms with E-state index < -0.39 is 0 Å². The van der Waals surface area contributed by atoms with Crippen LogP contribution in [0.15, 0.2) is 23.4 Å². The standard InChI is InChI=1S/C5H4INS/c6-4-3-7-2-1-5(4)8/h1-3H,(H,7,8). The summed E-state index contributed by atoms with van der Waals surface area (Å²) in [6.07, 6.45) is 3.51. The zero-order valence-electron chi connectivity index (χ0n) is 4.00. The average Bonchev–Trinajstić information content (AvgIpc) is 1.77. The Balaban J connectivity index is 3.13. The summed E-state index contributed by atoms with van der Waals surface area (Å²) in [6, 6.07) is 1.87. The predicted molar refractivity (Wildman–Crippen MR) is 44.2 cm³/mol. The SMILES string of the molecule is Sc1ccncc1I. The Morgan fingerprint density at radius 3 is 2.75 bits per heavy atom. The molecule has 1 rings (SSSR count). The first-order valence-corrected chi connectivity index (χ1v) is 3.62. The number of thiol groups is 1. The Kier molecular flexibility index (Phi) is 2.13. The van der Waals surface area contributed by atoms with Gasteiger partial charge < -0.3 is 0 Å². The number of nitrogens with zero attached hydrogens (tertiary/aromatic N) is 1. The van der Waals surface area contributed by atoms with Crippen LogP contribution >= 0.6 is 35.2 Å². The number of hydrogen-bond acceptors (Lipinski definition) is 2. The van der Waals surface area contributed by atoms with Crippen LogP contribution in [0.1, 0.15) is 0 Å². The largest absolute Gasteiger partial charge is 0.264 e. The van der Waals surface area contributed by atoms with Crippen molar-refractivity contribution in [3.8, 4) is 0 Å². The molecule has 8 heavy (non-hydrogen) atoms. The quantitative estimate of drug-likeness (QED) is 0.537. The van der Waals surface area contributed by atoms with Crippen LogP contribution in [0.3, 0.4) is 0 Å². The van der Waals surface area contributed by atoms with Gasteiger partial charge in [-0.3, -0.25) is 4.98 Å². The normalized spacial score (nSPS) is 9.25. The third-order valence-electron chi connectivity index (χ3n) is 0.751. The van der Waals surface area contributed by atoms with Gasteiger partial charge in [0, 0.05) is 20.9 Å². The molecule has 0 spiro atoms. The van der Waals surface area contributed by atoms with Gasteiger partial charge in [-0.1, -0.05) is 0 Å². The first-order valence-electron chi connectivity index (χ1n) is 2.09. The summed E-state index contributed by atoms with van der Waals surface area (Å²) in [5.74, 6) is 0. The fourth-order valence-electron chi connectivity index (χ4n) is 0.368. The molecule has 1 nitrogen and oxygen atoms in total. The molecule has 3 heteroatoms. The lowest BCUT2D eigenvalue weighted by atomic mass is 10.5. The predicted octanol–water partition coefficient (Wildman–Crippen LogP) is 1.97. The molecule has 0 aliphatic heterocycles. The zero-order chi connectivity index (χ0) is 5.98. The summed E-state index contributed by atoms with van der Waals surface area (Å²) in [6.45, 7) is 0. The number of halogens is 1. The van der Waals surface area contributed by atoms with Gasteiger partial charge in [-0.05, 0) is 28.7 Å². The molecule has 0 radical (unpaired) electrons. The highest BCUT2D eigenvalue weighted by Crippen LogP contribution is 2.12. The lowest BCUT2D eigenvalue weighted by Crippen LogP contribution is -1.74. The Morgan fingerprint density at radius 1 is 1.62 bits per heavy atom. The molecule has 0 amide bonds. The fourth-order valence-corrected chi connectivity index (χ4v) is 0.833. The number of hydrogen-bond donors (Lipinski definition) is 1. The first kappa shape index (κ1) is 6.35. The third-order valence-corrected chi connectivity index (χ3v) is 2.43. The minimum absolute atomic E-state index is 0.987. The van der Waals surface area contributed by atoms with Crippen molar-refractivity contribution in [3.05, 3.63) is 22.0 Å². The summed E-state index contributed by atoms with van der Waals surface area (Å²) >= 11 is 6.34. The van der Waals surface area contributed by atoms with Crippen molar-refractivity contribution in [3.63, 3.8) is 0 Å². The van der Waals surface area contributed by atoms with Gasteiger partial charge in [0.1, 0.15) is 0 Å². The molecule has 0 N–H and O–H groups in total. The average molecular weight is 237 g/mol. The van der Waals surface area contributed by atoms with E-state index in [-0.39, 0.29) is 0 Å². The molecule has 0 aliphatic carbocycles. The van der Waals surface area contributed by atoms with Crippen LogP contribution in [-0.4, -0.2) is 4.98 Å². The number of aromatic nitrogens is 1. The molecule has 0 atom stereocenters. The van der Waals surface area contributed by atoms with Crippen LogP contribution < -0.4 is 0 Å². The van der Waals surface area contributed by atoms with Crippen LogP contribution in [0.2, 0.25) is 0 Å². The highest BCUT2D eigenvalue weighted by molar-refractivity contribution is 14.1. The molecule has 0 bridgehead atoms. The van der Waals surface area contributed by atoms with Gasteiger partial charge in [-0.15, -0.1) is 12.6 Å². The van der Waals surface area contributed by atoms with Gasteiger partial charge in [0.15, 0.2) is 0 Å². The molecule has 0 fully saturated rings. The van der Waals surface area contributed by atoms with Crippen molar-refractivity contribution in [1.29, 1.82) is 0 Å². The lowest BCUT2D eigenvalue weighted by Gasteiger charge is -1.89. The summed E-state index contributed by atoms with van der Waals surface area (Å²) in [4.78, 5) is 4.88. The molecule has 0 aromatic carbocycles. The van der Waals surface area contributed by atoms with Crippen LogP contribution in [0.25, 0.3) is 0 Å². The van der Waals surface area contributed by atoms with E-state index in [1.54, 1.807) is 12.4 Å². The van der Waals surface area contributed by atoms with E-state index in [2.05, 4.69) is 40.2 Å². The van der Waals surface area contributed by atoms with E-state index in [0.29, 0.717) is 0 Å². The van der Waals surface area contributed by atoms with Crippen molar-refractivity contribution in [2.24, 2.45) is 0 Å². The van der Waals surface area contributed by atoms with Crippen LogP contribution in [-0.2, 0) is 0 Å². The van der Waals surface area contributed by atoms with Crippen molar-refractivity contribution < 1.29 is 0 Å². The second kappa shape index (κ2) is 2.68. The van der Waals surface area contributed by atoms with Gasteiger partial charge in [0.25, 0.3) is 0 Å². The van der Waals surface area contributed by atoms with Crippen molar-refractivity contribution in [1.82, 2.24) is 4.98 Å². The van der Waals surface area contributed by atoms with Gasteiger partial charge in [0.05, 0.1) is 0 Å². The maximum absolute atomic E-state index is 4.15. The Morgan fingerprint density at radius 2 is 2.38 bits per heavy atom. The van der Waals surface area contributed by atoms with Crippen LogP contribution in [0.5, 0.6) is 0 Å². The molecular weight excluding hydrogens is 233 g/mol. The molecule has 0 saturated carbocycles. The van der Waals surface area contributed by atoms with Gasteiger partial charge in [0.2, 0.25) is 0 Å². The summed E-state index contributed by atoms with van der Waals surface area (Å²) in [5.41, 5.74) is 0. The number of rotatable bonds is 0. The van der Waals surface area contributed by atoms with Crippen molar-refractivity contribution in [2.45, 2.75) is 4.90 Å². The second-order valence-corrected chi connectivity index (χ2v) is 2.97. The number of pyridine rings is 1. The highest BCUT2D eigenvalue weighted by Gasteiger charge is 1.88. The first-order chi connectivity index (χ1) is 3.80. The maximum atomic E-state index is 4.15. The molecular formula is C5H4INS. The fraction of sp³-hybridized carbons (Fsp3) is 0. The minimum Gasteiger partial charge on any atom is -0.264 e. The molecule has 1 heterocycles. The summed E-state index contributed by atoms with van der Waals surface area (Å²) in [5, 5.41) is 0. The van der Waals surface area contributed by atoms with E-state index in [0.717, 1.165) is 8.47 Å². The maximum Gasteiger partial charge on any atom is 0.0447 e. The summed E-state index contributed by atoms with van der Waals surface area (Å²) < 4.78 is 1.09. The monoisotopic (exact) mass is 237 g/mol. The minimum atomic E-state index is 0.987. The molecule has 0 aliphatic rings. The highest BCUT2D eigenvalue weighted by atomic mass is 127. The van der Waals surface area contributed by atoms with Crippen molar-refractivity contribution in [2.75, 3.05) is 0 Å². The lowest BCUT2D eigenvalue weighted by molar-refractivity contribution is 1.23. The van der Waals surface area contributed by atoms with E-state index in [9.17, 15) is 0 Å². The van der Waals surface area contributed by atoms with Crippen LogP contribution in [0, 0.1) is 3.57 Å². The van der Waals surface area contributed by atoms with Crippen molar-refractivity contribution >= 4 is 35.2 Å². The van der Waals surface area contributed by atoms with Gasteiger partial charge in [-0.2, -0.15) is 0 Å². The molecule has 0 unspecified atom stereocenters. The van der Waals surface area contributed by atoms with E-state index in [1.165, 1.54) is 0 Å². The van der Waals surface area contributed by atoms with Gasteiger partial charge in [-0.25, -0.2) is 0 Å². The van der Waals surface area contributed by atoms with E-state index >= 15 is 0 Å². The molecule has 1 aromatic heterocycles. The smallest absolute Gasteiger partial charge is 0.0447 e. The van der Waals surface area contributed by atoms with Gasteiger partial charge >= 0.3 is 0 Å². The molecule has 42 valence electrons.